The average Bonchev–Trinajstić information content (AvgIpc) is 2.88. The van der Waals surface area contributed by atoms with Crippen LogP contribution in [0.4, 0.5) is 0 Å². The molecule has 172 valence electrons. The Kier molecular flexibility index (Phi) is 6.16. The third-order valence-electron chi connectivity index (χ3n) is 6.50. The number of piperidine rings is 1. The molecule has 0 saturated carbocycles. The van der Waals surface area contributed by atoms with Crippen molar-refractivity contribution in [3.63, 3.8) is 0 Å². The number of hydrogen-bond acceptors (Lipinski definition) is 4. The Labute approximate surface area is 200 Å². The van der Waals surface area contributed by atoms with E-state index in [4.69, 9.17) is 0 Å². The van der Waals surface area contributed by atoms with Gasteiger partial charge in [-0.05, 0) is 47.9 Å². The highest BCUT2D eigenvalue weighted by atomic mass is 32.2. The number of rotatable bonds is 5. The number of fused-ring (bicyclic) bond motifs is 1. The van der Waals surface area contributed by atoms with Crippen molar-refractivity contribution in [3.8, 4) is 0 Å². The average molecular weight is 471 g/mol. The molecule has 0 atom stereocenters. The molecule has 5 rings (SSSR count). The lowest BCUT2D eigenvalue weighted by molar-refractivity contribution is 0.0706. The minimum absolute atomic E-state index is 0.143. The Morgan fingerprint density at radius 3 is 2.29 bits per heavy atom. The van der Waals surface area contributed by atoms with Gasteiger partial charge in [0.2, 0.25) is 0 Å². The fourth-order valence-corrected chi connectivity index (χ4v) is 6.23. The number of carbonyl (C=O) groups excluding carboxylic acids is 1. The summed E-state index contributed by atoms with van der Waals surface area (Å²) in [5.74, 6) is 0.0596. The standard InChI is InChI=1S/C28H26N2O3S/c31-28(30-18-16-22(17-19-30)21-8-2-1-3-9-21)26-14-7-12-24(29-26)20-34(32,33)27-15-6-11-23-10-4-5-13-25(23)27/h1-15,22H,16-20H2. The van der Waals surface area contributed by atoms with E-state index in [0.717, 1.165) is 18.2 Å². The summed E-state index contributed by atoms with van der Waals surface area (Å²) in [6, 6.07) is 28.2. The van der Waals surface area contributed by atoms with Gasteiger partial charge < -0.3 is 4.90 Å². The molecular formula is C28H26N2O3S. The third-order valence-corrected chi connectivity index (χ3v) is 8.20. The second kappa shape index (κ2) is 9.39. The molecule has 6 heteroatoms. The number of nitrogens with zero attached hydrogens (tertiary/aromatic N) is 2. The lowest BCUT2D eigenvalue weighted by Gasteiger charge is -2.32. The normalized spacial score (nSPS) is 14.9. The van der Waals surface area contributed by atoms with Crippen LogP contribution >= 0.6 is 0 Å². The largest absolute Gasteiger partial charge is 0.337 e. The summed E-state index contributed by atoms with van der Waals surface area (Å²) in [6.07, 6.45) is 1.82. The molecule has 1 aromatic heterocycles. The highest BCUT2D eigenvalue weighted by Crippen LogP contribution is 2.29. The van der Waals surface area contributed by atoms with Crippen molar-refractivity contribution in [1.29, 1.82) is 0 Å². The first-order valence-corrected chi connectivity index (χ1v) is 13.2. The number of pyridine rings is 1. The quantitative estimate of drug-likeness (QED) is 0.401. The van der Waals surface area contributed by atoms with Gasteiger partial charge in [-0.25, -0.2) is 13.4 Å². The fraction of sp³-hybridized carbons (Fsp3) is 0.214. The second-order valence-electron chi connectivity index (χ2n) is 8.73. The van der Waals surface area contributed by atoms with Gasteiger partial charge in [-0.2, -0.15) is 0 Å². The van der Waals surface area contributed by atoms with Crippen molar-refractivity contribution >= 4 is 26.5 Å². The molecule has 0 radical (unpaired) electrons. The molecule has 0 N–H and O–H groups in total. The predicted octanol–water partition coefficient (Wildman–Crippen LogP) is 5.23. The van der Waals surface area contributed by atoms with E-state index < -0.39 is 9.84 Å². The molecule has 0 unspecified atom stereocenters. The summed E-state index contributed by atoms with van der Waals surface area (Å²) in [6.45, 7) is 1.33. The molecular weight excluding hydrogens is 444 g/mol. The lowest BCUT2D eigenvalue weighted by atomic mass is 9.89. The van der Waals surface area contributed by atoms with E-state index in [1.54, 1.807) is 30.3 Å². The summed E-state index contributed by atoms with van der Waals surface area (Å²) < 4.78 is 26.5. The monoisotopic (exact) mass is 470 g/mol. The molecule has 4 aromatic rings. The van der Waals surface area contributed by atoms with Crippen LogP contribution in [0, 0.1) is 0 Å². The molecule has 3 aromatic carbocycles. The van der Waals surface area contributed by atoms with Gasteiger partial charge >= 0.3 is 0 Å². The van der Waals surface area contributed by atoms with Gasteiger partial charge in [-0.1, -0.05) is 72.8 Å². The van der Waals surface area contributed by atoms with Crippen LogP contribution in [-0.2, 0) is 15.6 Å². The molecule has 34 heavy (non-hydrogen) atoms. The Morgan fingerprint density at radius 2 is 1.50 bits per heavy atom. The zero-order valence-electron chi connectivity index (χ0n) is 18.8. The van der Waals surface area contributed by atoms with Crippen LogP contribution in [0.5, 0.6) is 0 Å². The van der Waals surface area contributed by atoms with Crippen molar-refractivity contribution in [2.24, 2.45) is 0 Å². The fourth-order valence-electron chi connectivity index (χ4n) is 4.72. The van der Waals surface area contributed by atoms with Gasteiger partial charge in [0.25, 0.3) is 5.91 Å². The molecule has 1 fully saturated rings. The van der Waals surface area contributed by atoms with Crippen LogP contribution in [0.1, 0.15) is 40.5 Å². The van der Waals surface area contributed by atoms with Gasteiger partial charge in [-0.15, -0.1) is 0 Å². The molecule has 0 spiro atoms. The second-order valence-corrected chi connectivity index (χ2v) is 10.7. The van der Waals surface area contributed by atoms with E-state index in [2.05, 4.69) is 29.2 Å². The maximum absolute atomic E-state index is 13.2. The summed E-state index contributed by atoms with van der Waals surface area (Å²) in [7, 11) is -3.63. The Hall–Kier alpha value is -3.51. The van der Waals surface area contributed by atoms with Crippen molar-refractivity contribution in [2.45, 2.75) is 29.4 Å². The lowest BCUT2D eigenvalue weighted by Crippen LogP contribution is -2.38. The van der Waals surface area contributed by atoms with Gasteiger partial charge in [0.1, 0.15) is 5.69 Å². The number of benzene rings is 3. The Bertz CT molecular complexity index is 1420. The summed E-state index contributed by atoms with van der Waals surface area (Å²) >= 11 is 0. The number of amides is 1. The van der Waals surface area contributed by atoms with E-state index in [-0.39, 0.29) is 16.6 Å². The van der Waals surface area contributed by atoms with Gasteiger partial charge in [0.05, 0.1) is 16.3 Å². The highest BCUT2D eigenvalue weighted by Gasteiger charge is 2.26. The summed E-state index contributed by atoms with van der Waals surface area (Å²) in [5, 5.41) is 1.57. The van der Waals surface area contributed by atoms with Gasteiger partial charge in [-0.3, -0.25) is 4.79 Å². The maximum atomic E-state index is 13.2. The van der Waals surface area contributed by atoms with Gasteiger partial charge in [0.15, 0.2) is 9.84 Å². The molecule has 5 nitrogen and oxygen atoms in total. The van der Waals surface area contributed by atoms with E-state index in [0.29, 0.717) is 35.8 Å². The first-order chi connectivity index (χ1) is 16.5. The van der Waals surface area contributed by atoms with Crippen LogP contribution in [0.3, 0.4) is 0 Å². The Balaban J connectivity index is 1.31. The summed E-state index contributed by atoms with van der Waals surface area (Å²) in [5.41, 5.74) is 1.98. The predicted molar refractivity (Wildman–Crippen MR) is 133 cm³/mol. The summed E-state index contributed by atoms with van der Waals surface area (Å²) in [4.78, 5) is 19.7. The van der Waals surface area contributed by atoms with Gasteiger partial charge in [0, 0.05) is 18.5 Å². The SMILES string of the molecule is O=C(c1cccc(CS(=O)(=O)c2cccc3ccccc23)n1)N1CCC(c2ccccc2)CC1. The molecule has 1 amide bonds. The van der Waals surface area contributed by atoms with Crippen LogP contribution in [0.2, 0.25) is 0 Å². The number of hydrogen-bond donors (Lipinski definition) is 0. The molecule has 1 saturated heterocycles. The van der Waals surface area contributed by atoms with Crippen LogP contribution in [0.25, 0.3) is 10.8 Å². The molecule has 0 aliphatic carbocycles. The Morgan fingerprint density at radius 1 is 0.824 bits per heavy atom. The smallest absolute Gasteiger partial charge is 0.272 e. The van der Waals surface area contributed by atoms with Crippen molar-refractivity contribution < 1.29 is 13.2 Å². The first kappa shape index (κ1) is 22.3. The van der Waals surface area contributed by atoms with Crippen molar-refractivity contribution in [3.05, 3.63) is 108 Å². The molecule has 1 aliphatic heterocycles. The zero-order chi connectivity index (χ0) is 23.5. The molecule has 0 bridgehead atoms. The minimum atomic E-state index is -3.63. The molecule has 2 heterocycles. The van der Waals surface area contributed by atoms with Crippen LogP contribution in [0.15, 0.2) is 95.9 Å². The van der Waals surface area contributed by atoms with E-state index >= 15 is 0 Å². The molecule has 1 aliphatic rings. The number of likely N-dealkylation sites (tertiary alicyclic amines) is 1. The van der Waals surface area contributed by atoms with E-state index in [1.807, 2.05) is 41.3 Å². The highest BCUT2D eigenvalue weighted by molar-refractivity contribution is 7.90. The maximum Gasteiger partial charge on any atom is 0.272 e. The number of sulfone groups is 1. The van der Waals surface area contributed by atoms with E-state index in [1.165, 1.54) is 5.56 Å². The topological polar surface area (TPSA) is 67.3 Å². The minimum Gasteiger partial charge on any atom is -0.337 e. The third kappa shape index (κ3) is 4.59. The number of aromatic nitrogens is 1. The van der Waals surface area contributed by atoms with Crippen LogP contribution < -0.4 is 0 Å². The van der Waals surface area contributed by atoms with Crippen molar-refractivity contribution in [1.82, 2.24) is 9.88 Å². The zero-order valence-corrected chi connectivity index (χ0v) is 19.6. The van der Waals surface area contributed by atoms with E-state index in [9.17, 15) is 13.2 Å². The number of carbonyl (C=O) groups is 1. The first-order valence-electron chi connectivity index (χ1n) is 11.5. The van der Waals surface area contributed by atoms with Crippen LogP contribution in [-0.4, -0.2) is 37.3 Å². The van der Waals surface area contributed by atoms with Crippen molar-refractivity contribution in [2.75, 3.05) is 13.1 Å².